The van der Waals surface area contributed by atoms with Crippen molar-refractivity contribution in [2.24, 2.45) is 0 Å². The van der Waals surface area contributed by atoms with Crippen LogP contribution >= 0.6 is 0 Å². The summed E-state index contributed by atoms with van der Waals surface area (Å²) < 4.78 is 4.27. The fraction of sp³-hybridized carbons (Fsp3) is 0.0435. The number of pyridine rings is 2. The number of benzene rings is 2. The highest BCUT2D eigenvalue weighted by molar-refractivity contribution is 5.25. The number of rotatable bonds is 4. The minimum absolute atomic E-state index is 0.936. The minimum atomic E-state index is 0.936. The SMILES string of the molecule is c1ccc(-[n+]2ccc(Cc3cc[n+](-c4ccccc4)cc3)cc2)cc1. The van der Waals surface area contributed by atoms with Gasteiger partial charge in [0.1, 0.15) is 0 Å². The number of hydrogen-bond acceptors (Lipinski definition) is 0. The molecule has 120 valence electrons. The van der Waals surface area contributed by atoms with Gasteiger partial charge in [0.05, 0.1) is 0 Å². The van der Waals surface area contributed by atoms with Crippen LogP contribution in [0.2, 0.25) is 0 Å². The van der Waals surface area contributed by atoms with Gasteiger partial charge < -0.3 is 0 Å². The Morgan fingerprint density at radius 2 is 0.800 bits per heavy atom. The average Bonchev–Trinajstić information content (AvgIpc) is 2.71. The fourth-order valence-corrected chi connectivity index (χ4v) is 2.93. The van der Waals surface area contributed by atoms with Crippen LogP contribution in [0.5, 0.6) is 0 Å². The van der Waals surface area contributed by atoms with Gasteiger partial charge >= 0.3 is 0 Å². The molecule has 0 aliphatic carbocycles. The van der Waals surface area contributed by atoms with Crippen molar-refractivity contribution >= 4 is 0 Å². The lowest BCUT2D eigenvalue weighted by atomic mass is 10.1. The Kier molecular flexibility index (Phi) is 4.34. The van der Waals surface area contributed by atoms with Crippen LogP contribution in [0.25, 0.3) is 11.4 Å². The summed E-state index contributed by atoms with van der Waals surface area (Å²) in [5.41, 5.74) is 4.98. The zero-order chi connectivity index (χ0) is 16.9. The van der Waals surface area contributed by atoms with Crippen LogP contribution in [-0.4, -0.2) is 0 Å². The van der Waals surface area contributed by atoms with E-state index in [4.69, 9.17) is 0 Å². The van der Waals surface area contributed by atoms with Crippen LogP contribution < -0.4 is 9.13 Å². The molecule has 0 aliphatic heterocycles. The normalized spacial score (nSPS) is 10.6. The lowest BCUT2D eigenvalue weighted by molar-refractivity contribution is -0.595. The number of nitrogens with zero attached hydrogens (tertiary/aromatic N) is 2. The van der Waals surface area contributed by atoms with E-state index in [1.54, 1.807) is 0 Å². The summed E-state index contributed by atoms with van der Waals surface area (Å²) in [4.78, 5) is 0. The van der Waals surface area contributed by atoms with Crippen molar-refractivity contribution in [3.8, 4) is 11.4 Å². The molecule has 0 bridgehead atoms. The largest absolute Gasteiger partial charge is 0.210 e. The van der Waals surface area contributed by atoms with Gasteiger partial charge in [0, 0.05) is 48.5 Å². The third kappa shape index (κ3) is 3.64. The Balaban J connectivity index is 1.49. The molecule has 0 spiro atoms. The number of hydrogen-bond donors (Lipinski definition) is 0. The molecule has 0 amide bonds. The smallest absolute Gasteiger partial charge is 0.167 e. The molecule has 2 aromatic carbocycles. The average molecular weight is 324 g/mol. The molecule has 4 rings (SSSR count). The van der Waals surface area contributed by atoms with Gasteiger partial charge in [-0.1, -0.05) is 36.4 Å². The van der Waals surface area contributed by atoms with E-state index >= 15 is 0 Å². The molecule has 0 saturated carbocycles. The lowest BCUT2D eigenvalue weighted by Gasteiger charge is -2.02. The Labute approximate surface area is 148 Å². The summed E-state index contributed by atoms with van der Waals surface area (Å²) in [7, 11) is 0. The fourth-order valence-electron chi connectivity index (χ4n) is 2.93. The first-order chi connectivity index (χ1) is 12.4. The van der Waals surface area contributed by atoms with Crippen LogP contribution in [0.15, 0.2) is 110 Å². The Hall–Kier alpha value is -3.26. The van der Waals surface area contributed by atoms with Crippen LogP contribution in [0.4, 0.5) is 0 Å². The summed E-state index contributed by atoms with van der Waals surface area (Å²) in [6, 6.07) is 29.5. The van der Waals surface area contributed by atoms with Crippen molar-refractivity contribution in [3.05, 3.63) is 121 Å². The van der Waals surface area contributed by atoms with E-state index in [0.29, 0.717) is 0 Å². The maximum Gasteiger partial charge on any atom is 0.210 e. The lowest BCUT2D eigenvalue weighted by Crippen LogP contribution is -2.29. The predicted molar refractivity (Wildman–Crippen MR) is 98.8 cm³/mol. The third-order valence-corrected chi connectivity index (χ3v) is 4.31. The van der Waals surface area contributed by atoms with Gasteiger partial charge in [-0.15, -0.1) is 0 Å². The van der Waals surface area contributed by atoms with Crippen LogP contribution in [0.3, 0.4) is 0 Å². The second-order valence-corrected chi connectivity index (χ2v) is 6.08. The highest BCUT2D eigenvalue weighted by Crippen LogP contribution is 2.08. The van der Waals surface area contributed by atoms with Gasteiger partial charge in [0.15, 0.2) is 24.8 Å². The maximum atomic E-state index is 2.19. The standard InChI is InChI=1S/C23H20N2/c1-3-7-22(8-4-1)24-15-11-20(12-16-24)19-21-13-17-25(18-14-21)23-9-5-2-6-10-23/h1-18H,19H2/q+2. The second kappa shape index (κ2) is 7.10. The number of para-hydroxylation sites is 2. The van der Waals surface area contributed by atoms with E-state index in [0.717, 1.165) is 6.42 Å². The highest BCUT2D eigenvalue weighted by atomic mass is 14.9. The first-order valence-electron chi connectivity index (χ1n) is 8.50. The van der Waals surface area contributed by atoms with Gasteiger partial charge in [-0.05, 0) is 17.5 Å². The monoisotopic (exact) mass is 324 g/mol. The van der Waals surface area contributed by atoms with Gasteiger partial charge in [-0.25, -0.2) is 0 Å². The molecule has 2 aromatic heterocycles. The van der Waals surface area contributed by atoms with Crippen molar-refractivity contribution < 1.29 is 9.13 Å². The molecule has 2 heteroatoms. The quantitative estimate of drug-likeness (QED) is 0.504. The molecular formula is C23H20N2+2. The summed E-state index contributed by atoms with van der Waals surface area (Å²) in [5.74, 6) is 0. The highest BCUT2D eigenvalue weighted by Gasteiger charge is 2.07. The Bertz CT molecular complexity index is 848. The summed E-state index contributed by atoms with van der Waals surface area (Å²) in [5, 5.41) is 0. The van der Waals surface area contributed by atoms with Crippen molar-refractivity contribution in [2.75, 3.05) is 0 Å². The van der Waals surface area contributed by atoms with Crippen LogP contribution in [-0.2, 0) is 6.42 Å². The van der Waals surface area contributed by atoms with E-state index < -0.39 is 0 Å². The van der Waals surface area contributed by atoms with Crippen molar-refractivity contribution in [2.45, 2.75) is 6.42 Å². The molecule has 0 aliphatic rings. The molecule has 0 saturated heterocycles. The number of aromatic nitrogens is 2. The van der Waals surface area contributed by atoms with Crippen molar-refractivity contribution in [1.29, 1.82) is 0 Å². The zero-order valence-electron chi connectivity index (χ0n) is 14.0. The predicted octanol–water partition coefficient (Wildman–Crippen LogP) is 3.83. The molecule has 4 aromatic rings. The summed E-state index contributed by atoms with van der Waals surface area (Å²) in [6.45, 7) is 0. The van der Waals surface area contributed by atoms with Gasteiger partial charge in [-0.2, -0.15) is 9.13 Å². The van der Waals surface area contributed by atoms with Crippen LogP contribution in [0.1, 0.15) is 11.1 Å². The van der Waals surface area contributed by atoms with Gasteiger partial charge in [0.25, 0.3) is 0 Å². The molecule has 0 atom stereocenters. The second-order valence-electron chi connectivity index (χ2n) is 6.08. The van der Waals surface area contributed by atoms with E-state index in [2.05, 4.69) is 107 Å². The molecular weight excluding hydrogens is 304 g/mol. The summed E-state index contributed by atoms with van der Waals surface area (Å²) >= 11 is 0. The van der Waals surface area contributed by atoms with Crippen LogP contribution in [0, 0.1) is 0 Å². The molecule has 0 radical (unpaired) electrons. The maximum absolute atomic E-state index is 2.19. The van der Waals surface area contributed by atoms with Gasteiger partial charge in [-0.3, -0.25) is 0 Å². The van der Waals surface area contributed by atoms with E-state index in [9.17, 15) is 0 Å². The van der Waals surface area contributed by atoms with E-state index in [1.807, 2.05) is 12.1 Å². The van der Waals surface area contributed by atoms with Crippen molar-refractivity contribution in [1.82, 2.24) is 0 Å². The van der Waals surface area contributed by atoms with E-state index in [-0.39, 0.29) is 0 Å². The van der Waals surface area contributed by atoms with Crippen molar-refractivity contribution in [3.63, 3.8) is 0 Å². The Morgan fingerprint density at radius 3 is 1.16 bits per heavy atom. The molecule has 0 fully saturated rings. The molecule has 2 nitrogen and oxygen atoms in total. The van der Waals surface area contributed by atoms with Gasteiger partial charge in [0.2, 0.25) is 11.4 Å². The topological polar surface area (TPSA) is 7.76 Å². The van der Waals surface area contributed by atoms with E-state index in [1.165, 1.54) is 22.5 Å². The third-order valence-electron chi connectivity index (χ3n) is 4.31. The molecule has 2 heterocycles. The molecule has 0 N–H and O–H groups in total. The minimum Gasteiger partial charge on any atom is -0.167 e. The Morgan fingerprint density at radius 1 is 0.440 bits per heavy atom. The molecule has 25 heavy (non-hydrogen) atoms. The zero-order valence-corrected chi connectivity index (χ0v) is 14.0. The summed E-state index contributed by atoms with van der Waals surface area (Å²) in [6.07, 6.45) is 9.43. The first kappa shape index (κ1) is 15.3. The first-order valence-corrected chi connectivity index (χ1v) is 8.50. The molecule has 0 unspecified atom stereocenters.